The van der Waals surface area contributed by atoms with Crippen molar-refractivity contribution in [3.8, 4) is 0 Å². The highest BCUT2D eigenvalue weighted by molar-refractivity contribution is 6.28. The molecular formula is C16H22N2O3. The Morgan fingerprint density at radius 3 is 2.14 bits per heavy atom. The zero-order chi connectivity index (χ0) is 15.6. The summed E-state index contributed by atoms with van der Waals surface area (Å²) in [6.07, 6.45) is 10.3. The van der Waals surface area contributed by atoms with E-state index in [-0.39, 0.29) is 5.57 Å². The molecule has 4 amide bonds. The molecule has 2 fully saturated rings. The summed E-state index contributed by atoms with van der Waals surface area (Å²) in [5, 5.41) is 0. The van der Waals surface area contributed by atoms with Crippen LogP contribution < -0.4 is 0 Å². The predicted molar refractivity (Wildman–Crippen MR) is 79.3 cm³/mol. The number of likely N-dealkylation sites (N-methyl/N-ethyl adjacent to an activating group) is 2. The van der Waals surface area contributed by atoms with Gasteiger partial charge in [-0.3, -0.25) is 19.4 Å². The first-order valence-corrected chi connectivity index (χ1v) is 7.42. The van der Waals surface area contributed by atoms with Crippen molar-refractivity contribution in [3.05, 3.63) is 23.8 Å². The summed E-state index contributed by atoms with van der Waals surface area (Å²) in [4.78, 5) is 37.5. The molecule has 1 aliphatic carbocycles. The maximum Gasteiger partial charge on any atom is 0.333 e. The van der Waals surface area contributed by atoms with Crippen molar-refractivity contribution in [2.75, 3.05) is 14.1 Å². The Kier molecular flexibility index (Phi) is 4.60. The Labute approximate surface area is 125 Å². The number of hydrogen-bond donors (Lipinski definition) is 0. The fourth-order valence-electron chi connectivity index (χ4n) is 2.92. The van der Waals surface area contributed by atoms with Gasteiger partial charge in [0.25, 0.3) is 11.8 Å². The molecule has 5 nitrogen and oxygen atoms in total. The lowest BCUT2D eigenvalue weighted by atomic mass is 9.80. The quantitative estimate of drug-likeness (QED) is 0.579. The molecule has 2 aliphatic rings. The lowest BCUT2D eigenvalue weighted by molar-refractivity contribution is -0.134. The monoisotopic (exact) mass is 290 g/mol. The molecule has 2 rings (SSSR count). The second kappa shape index (κ2) is 6.24. The largest absolute Gasteiger partial charge is 0.333 e. The number of barbiturate groups is 1. The van der Waals surface area contributed by atoms with Gasteiger partial charge in [-0.15, -0.1) is 0 Å². The van der Waals surface area contributed by atoms with Crippen LogP contribution in [0.25, 0.3) is 0 Å². The van der Waals surface area contributed by atoms with Crippen molar-refractivity contribution in [1.29, 1.82) is 0 Å². The third kappa shape index (κ3) is 3.06. The van der Waals surface area contributed by atoms with Gasteiger partial charge in [0.15, 0.2) is 0 Å². The van der Waals surface area contributed by atoms with E-state index in [1.807, 2.05) is 0 Å². The van der Waals surface area contributed by atoms with E-state index in [4.69, 9.17) is 0 Å². The lowest BCUT2D eigenvalue weighted by Crippen LogP contribution is -2.52. The number of carbonyl (C=O) groups is 3. The van der Waals surface area contributed by atoms with Crippen LogP contribution in [0, 0.1) is 11.8 Å². The van der Waals surface area contributed by atoms with Gasteiger partial charge in [0, 0.05) is 14.1 Å². The Morgan fingerprint density at radius 1 is 1.00 bits per heavy atom. The second-order valence-electron chi connectivity index (χ2n) is 5.90. The summed E-state index contributed by atoms with van der Waals surface area (Å²) < 4.78 is 0. The number of hydrogen-bond acceptors (Lipinski definition) is 3. The highest BCUT2D eigenvalue weighted by Gasteiger charge is 2.37. The summed E-state index contributed by atoms with van der Waals surface area (Å²) in [7, 11) is 2.77. The molecule has 0 N–H and O–H groups in total. The van der Waals surface area contributed by atoms with E-state index in [2.05, 4.69) is 13.0 Å². The first-order chi connectivity index (χ1) is 9.93. The van der Waals surface area contributed by atoms with E-state index in [9.17, 15) is 14.4 Å². The van der Waals surface area contributed by atoms with Crippen LogP contribution in [0.1, 0.15) is 32.6 Å². The minimum atomic E-state index is -0.591. The summed E-state index contributed by atoms with van der Waals surface area (Å²) in [6.45, 7) is 2.23. The smallest absolute Gasteiger partial charge is 0.268 e. The van der Waals surface area contributed by atoms with E-state index in [0.717, 1.165) is 16.2 Å². The number of rotatable bonds is 2. The van der Waals surface area contributed by atoms with Gasteiger partial charge in [-0.25, -0.2) is 4.79 Å². The van der Waals surface area contributed by atoms with Gasteiger partial charge in [-0.05, 0) is 24.3 Å². The van der Waals surface area contributed by atoms with Crippen LogP contribution in [-0.2, 0) is 9.59 Å². The molecule has 0 spiro atoms. The first-order valence-electron chi connectivity index (χ1n) is 7.42. The molecule has 0 aromatic rings. The molecule has 1 saturated heterocycles. The van der Waals surface area contributed by atoms with Crippen molar-refractivity contribution in [2.24, 2.45) is 11.8 Å². The molecular weight excluding hydrogens is 268 g/mol. The number of allylic oxidation sites excluding steroid dienone is 3. The predicted octanol–water partition coefficient (Wildman–Crippen LogP) is 2.35. The summed E-state index contributed by atoms with van der Waals surface area (Å²) >= 11 is 0. The fraction of sp³-hybridized carbons (Fsp3) is 0.562. The Morgan fingerprint density at radius 2 is 1.57 bits per heavy atom. The van der Waals surface area contributed by atoms with Gasteiger partial charge in [0.1, 0.15) is 5.57 Å². The molecule has 0 aromatic carbocycles. The normalized spacial score (nSPS) is 27.8. The lowest BCUT2D eigenvalue weighted by Gasteiger charge is -2.28. The average molecular weight is 290 g/mol. The molecule has 1 saturated carbocycles. The van der Waals surface area contributed by atoms with Crippen LogP contribution in [0.5, 0.6) is 0 Å². The number of urea groups is 1. The Balaban J connectivity index is 2.14. The Hall–Kier alpha value is -1.91. The number of carbonyl (C=O) groups excluding carboxylic acids is 3. The molecule has 0 bridgehead atoms. The standard InChI is InChI=1S/C16H22N2O3/c1-11-7-4-5-8-12(11)9-6-10-13-14(19)17(2)16(21)18(3)15(13)20/h6,9-12H,4-5,7-8H2,1-3H3/b9-6+. The maximum absolute atomic E-state index is 12.0. The summed E-state index contributed by atoms with van der Waals surface area (Å²) in [6, 6.07) is -0.591. The van der Waals surface area contributed by atoms with Crippen molar-refractivity contribution in [1.82, 2.24) is 9.80 Å². The number of nitrogens with zero attached hydrogens (tertiary/aromatic N) is 2. The number of imide groups is 2. The third-order valence-corrected chi connectivity index (χ3v) is 4.44. The fourth-order valence-corrected chi connectivity index (χ4v) is 2.92. The topological polar surface area (TPSA) is 57.7 Å². The van der Waals surface area contributed by atoms with Crippen molar-refractivity contribution in [3.63, 3.8) is 0 Å². The molecule has 5 heteroatoms. The highest BCUT2D eigenvalue weighted by atomic mass is 16.2. The third-order valence-electron chi connectivity index (χ3n) is 4.44. The van der Waals surface area contributed by atoms with Gasteiger partial charge in [-0.2, -0.15) is 0 Å². The van der Waals surface area contributed by atoms with Crippen molar-refractivity contribution in [2.45, 2.75) is 32.6 Å². The molecule has 1 aliphatic heterocycles. The van der Waals surface area contributed by atoms with Crippen molar-refractivity contribution >= 4 is 17.8 Å². The second-order valence-corrected chi connectivity index (χ2v) is 5.90. The van der Waals surface area contributed by atoms with E-state index in [1.165, 1.54) is 39.4 Å². The Bertz CT molecular complexity index is 496. The van der Waals surface area contributed by atoms with Crippen molar-refractivity contribution < 1.29 is 14.4 Å². The molecule has 1 heterocycles. The van der Waals surface area contributed by atoms with E-state index in [1.54, 1.807) is 6.08 Å². The van der Waals surface area contributed by atoms with Crippen LogP contribution in [-0.4, -0.2) is 41.7 Å². The van der Waals surface area contributed by atoms with E-state index in [0.29, 0.717) is 11.8 Å². The molecule has 0 aromatic heterocycles. The minimum Gasteiger partial charge on any atom is -0.268 e. The average Bonchev–Trinajstić information content (AvgIpc) is 2.48. The molecule has 2 unspecified atom stereocenters. The van der Waals surface area contributed by atoms with Crippen LogP contribution in [0.4, 0.5) is 4.79 Å². The van der Waals surface area contributed by atoms with E-state index < -0.39 is 17.8 Å². The highest BCUT2D eigenvalue weighted by Crippen LogP contribution is 2.30. The first kappa shape index (κ1) is 15.5. The summed E-state index contributed by atoms with van der Waals surface area (Å²) in [5.41, 5.74) is 0.0410. The van der Waals surface area contributed by atoms with Gasteiger partial charge in [-0.1, -0.05) is 38.3 Å². The molecule has 2 atom stereocenters. The molecule has 114 valence electrons. The summed E-state index contributed by atoms with van der Waals surface area (Å²) in [5.74, 6) is 0.0634. The van der Waals surface area contributed by atoms with Crippen LogP contribution in [0.15, 0.2) is 23.8 Å². The molecule has 21 heavy (non-hydrogen) atoms. The molecule has 0 radical (unpaired) electrons. The van der Waals surface area contributed by atoms with Crippen LogP contribution in [0.3, 0.4) is 0 Å². The van der Waals surface area contributed by atoms with Gasteiger partial charge >= 0.3 is 6.03 Å². The zero-order valence-electron chi connectivity index (χ0n) is 12.8. The number of amides is 4. The zero-order valence-corrected chi connectivity index (χ0v) is 12.8. The van der Waals surface area contributed by atoms with Crippen LogP contribution in [0.2, 0.25) is 0 Å². The van der Waals surface area contributed by atoms with Gasteiger partial charge in [0.2, 0.25) is 0 Å². The SMILES string of the molecule is CC1CCCCC1/C=C/C=C1C(=O)N(C)C(=O)N(C)C1=O. The van der Waals surface area contributed by atoms with Gasteiger partial charge in [0.05, 0.1) is 0 Å². The van der Waals surface area contributed by atoms with Crippen LogP contribution >= 0.6 is 0 Å². The van der Waals surface area contributed by atoms with Gasteiger partial charge < -0.3 is 0 Å². The van der Waals surface area contributed by atoms with E-state index >= 15 is 0 Å². The maximum atomic E-state index is 12.0. The minimum absolute atomic E-state index is 0.0410.